The lowest BCUT2D eigenvalue weighted by Crippen LogP contribution is -2.34. The molecule has 0 unspecified atom stereocenters. The predicted molar refractivity (Wildman–Crippen MR) is 85.3 cm³/mol. The van der Waals surface area contributed by atoms with Crippen LogP contribution < -0.4 is 0 Å². The highest BCUT2D eigenvalue weighted by atomic mass is 32.2. The van der Waals surface area contributed by atoms with Crippen molar-refractivity contribution < 1.29 is 28.6 Å². The molecular formula is C14H17NO6S2. The molecule has 0 radical (unpaired) electrons. The Kier molecular flexibility index (Phi) is 7.98. The van der Waals surface area contributed by atoms with Gasteiger partial charge in [-0.3, -0.25) is 9.59 Å². The van der Waals surface area contributed by atoms with Crippen molar-refractivity contribution in [2.45, 2.75) is 31.3 Å². The minimum absolute atomic E-state index is 0.120. The van der Waals surface area contributed by atoms with E-state index in [1.165, 1.54) is 0 Å². The van der Waals surface area contributed by atoms with Gasteiger partial charge in [-0.25, -0.2) is 4.79 Å². The van der Waals surface area contributed by atoms with Crippen molar-refractivity contribution in [2.24, 2.45) is 0 Å². The van der Waals surface area contributed by atoms with Crippen molar-refractivity contribution in [1.29, 1.82) is 5.26 Å². The third-order valence-corrected chi connectivity index (χ3v) is 5.60. The zero-order chi connectivity index (χ0) is 17.4. The lowest BCUT2D eigenvalue weighted by atomic mass is 10.3. The van der Waals surface area contributed by atoms with Crippen LogP contribution in [0.2, 0.25) is 0 Å². The fourth-order valence-corrected chi connectivity index (χ4v) is 4.60. The normalized spacial score (nSPS) is 22.0. The van der Waals surface area contributed by atoms with E-state index >= 15 is 0 Å². The lowest BCUT2D eigenvalue weighted by molar-refractivity contribution is -0.148. The first kappa shape index (κ1) is 19.4. The Balaban J connectivity index is 3.11. The maximum absolute atomic E-state index is 12.0. The summed E-state index contributed by atoms with van der Waals surface area (Å²) in [6, 6.07) is 1.77. The molecule has 1 rings (SSSR count). The molecule has 0 N–H and O–H groups in total. The van der Waals surface area contributed by atoms with Crippen molar-refractivity contribution in [3.63, 3.8) is 0 Å². The quantitative estimate of drug-likeness (QED) is 0.303. The highest BCUT2D eigenvalue weighted by molar-refractivity contribution is 8.26. The number of hydrogen-bond donors (Lipinski definition) is 0. The molecule has 0 aliphatic carbocycles. The van der Waals surface area contributed by atoms with Crippen LogP contribution in [0.1, 0.15) is 20.8 Å². The van der Waals surface area contributed by atoms with E-state index in [1.54, 1.807) is 26.8 Å². The summed E-state index contributed by atoms with van der Waals surface area (Å²) in [5.41, 5.74) is -0.219. The van der Waals surface area contributed by atoms with Crippen LogP contribution in [-0.2, 0) is 28.6 Å². The van der Waals surface area contributed by atoms with E-state index in [-0.39, 0.29) is 29.6 Å². The van der Waals surface area contributed by atoms with Crippen molar-refractivity contribution in [1.82, 2.24) is 0 Å². The summed E-state index contributed by atoms with van der Waals surface area (Å²) in [5.74, 6) is -1.95. The van der Waals surface area contributed by atoms with Crippen LogP contribution >= 0.6 is 23.5 Å². The largest absolute Gasteiger partial charge is 0.465 e. The van der Waals surface area contributed by atoms with Crippen LogP contribution in [0.25, 0.3) is 0 Å². The van der Waals surface area contributed by atoms with E-state index in [0.29, 0.717) is 0 Å². The average Bonchev–Trinajstić information content (AvgIpc) is 2.94. The fraction of sp³-hybridized carbons (Fsp3) is 0.571. The number of nitrogens with zero attached hydrogens (tertiary/aromatic N) is 1. The molecule has 0 saturated carbocycles. The van der Waals surface area contributed by atoms with Crippen LogP contribution in [0.3, 0.4) is 0 Å². The third kappa shape index (κ3) is 4.91. The average molecular weight is 359 g/mol. The van der Waals surface area contributed by atoms with Gasteiger partial charge in [0.25, 0.3) is 0 Å². The van der Waals surface area contributed by atoms with Gasteiger partial charge in [0, 0.05) is 0 Å². The molecule has 0 aromatic carbocycles. The molecule has 1 aliphatic heterocycles. The highest BCUT2D eigenvalue weighted by Gasteiger charge is 2.45. The summed E-state index contributed by atoms with van der Waals surface area (Å²) in [6.07, 6.45) is 0. The molecule has 0 spiro atoms. The van der Waals surface area contributed by atoms with E-state index in [9.17, 15) is 19.6 Å². The monoisotopic (exact) mass is 359 g/mol. The highest BCUT2D eigenvalue weighted by Crippen LogP contribution is 2.49. The van der Waals surface area contributed by atoms with Gasteiger partial charge < -0.3 is 14.2 Å². The molecule has 1 heterocycles. The van der Waals surface area contributed by atoms with Gasteiger partial charge in [-0.1, -0.05) is 0 Å². The number of hydrogen-bond acceptors (Lipinski definition) is 9. The Bertz CT molecular complexity index is 526. The maximum Gasteiger partial charge on any atom is 0.350 e. The standard InChI is InChI=1S/C14H17NO6S2/c1-4-19-11(16)8(7-15)14-22-9(12(17)20-5-2)10(23-14)13(18)21-6-3/h9-10H,4-6H2,1-3H3/t9-,10+. The SMILES string of the molecule is CCOC(=O)C(C#N)=C1S[C@H](C(=O)OCC)[C@H](C(=O)OCC)S1. The molecule has 0 bridgehead atoms. The molecular weight excluding hydrogens is 342 g/mol. The van der Waals surface area contributed by atoms with Crippen LogP contribution in [0.5, 0.6) is 0 Å². The smallest absolute Gasteiger partial charge is 0.350 e. The Morgan fingerprint density at radius 2 is 1.39 bits per heavy atom. The number of nitriles is 1. The summed E-state index contributed by atoms with van der Waals surface area (Å²) in [7, 11) is 0. The molecule has 0 aromatic rings. The Hall–Kier alpha value is -1.66. The van der Waals surface area contributed by atoms with Crippen molar-refractivity contribution in [2.75, 3.05) is 19.8 Å². The van der Waals surface area contributed by atoms with E-state index in [1.807, 2.05) is 0 Å². The van der Waals surface area contributed by atoms with Gasteiger partial charge in [-0.15, -0.1) is 23.5 Å². The van der Waals surface area contributed by atoms with Crippen molar-refractivity contribution in [3.8, 4) is 6.07 Å². The summed E-state index contributed by atoms with van der Waals surface area (Å²) >= 11 is 1.90. The fourth-order valence-electron chi connectivity index (χ4n) is 1.67. The first-order valence-electron chi connectivity index (χ1n) is 6.98. The Morgan fingerprint density at radius 1 is 0.957 bits per heavy atom. The number of rotatable bonds is 6. The summed E-state index contributed by atoms with van der Waals surface area (Å²) in [4.78, 5) is 35.9. The van der Waals surface area contributed by atoms with E-state index in [0.717, 1.165) is 23.5 Å². The zero-order valence-electron chi connectivity index (χ0n) is 13.0. The molecule has 1 aliphatic rings. The number of thioether (sulfide) groups is 2. The van der Waals surface area contributed by atoms with E-state index in [2.05, 4.69) is 0 Å². The first-order chi connectivity index (χ1) is 11.0. The molecule has 1 fully saturated rings. The summed E-state index contributed by atoms with van der Waals surface area (Å²) in [5, 5.41) is 7.43. The molecule has 0 amide bonds. The molecule has 126 valence electrons. The number of esters is 3. The van der Waals surface area contributed by atoms with Gasteiger partial charge in [0.1, 0.15) is 16.6 Å². The van der Waals surface area contributed by atoms with E-state index < -0.39 is 28.4 Å². The number of ether oxygens (including phenoxy) is 3. The number of carbonyl (C=O) groups excluding carboxylic acids is 3. The minimum atomic E-state index is -0.869. The van der Waals surface area contributed by atoms with Gasteiger partial charge >= 0.3 is 17.9 Å². The minimum Gasteiger partial charge on any atom is -0.465 e. The molecule has 23 heavy (non-hydrogen) atoms. The van der Waals surface area contributed by atoms with Crippen molar-refractivity contribution in [3.05, 3.63) is 9.81 Å². The maximum atomic E-state index is 12.0. The van der Waals surface area contributed by atoms with Crippen LogP contribution in [-0.4, -0.2) is 48.2 Å². The molecule has 7 nitrogen and oxygen atoms in total. The van der Waals surface area contributed by atoms with Gasteiger partial charge in [-0.2, -0.15) is 5.26 Å². The second kappa shape index (κ2) is 9.47. The topological polar surface area (TPSA) is 103 Å². The molecule has 1 saturated heterocycles. The summed E-state index contributed by atoms with van der Waals surface area (Å²) in [6.45, 7) is 5.38. The molecule has 2 atom stereocenters. The lowest BCUT2D eigenvalue weighted by Gasteiger charge is -2.14. The Morgan fingerprint density at radius 3 is 1.74 bits per heavy atom. The predicted octanol–water partition coefficient (Wildman–Crippen LogP) is 1.63. The van der Waals surface area contributed by atoms with E-state index in [4.69, 9.17) is 14.2 Å². The number of carbonyl (C=O) groups is 3. The van der Waals surface area contributed by atoms with Gasteiger partial charge in [0.15, 0.2) is 5.57 Å². The molecule has 9 heteroatoms. The molecule has 0 aromatic heterocycles. The van der Waals surface area contributed by atoms with Crippen LogP contribution in [0.15, 0.2) is 9.81 Å². The van der Waals surface area contributed by atoms with Gasteiger partial charge in [0.2, 0.25) is 0 Å². The summed E-state index contributed by atoms with van der Waals surface area (Å²) < 4.78 is 15.0. The first-order valence-corrected chi connectivity index (χ1v) is 8.74. The van der Waals surface area contributed by atoms with Crippen molar-refractivity contribution >= 4 is 41.4 Å². The Labute approximate surface area is 142 Å². The third-order valence-electron chi connectivity index (χ3n) is 2.58. The van der Waals surface area contributed by atoms with Crippen LogP contribution in [0.4, 0.5) is 0 Å². The second-order valence-electron chi connectivity index (χ2n) is 4.08. The van der Waals surface area contributed by atoms with Crippen LogP contribution in [0, 0.1) is 11.3 Å². The zero-order valence-corrected chi connectivity index (χ0v) is 14.6. The van der Waals surface area contributed by atoms with Gasteiger partial charge in [-0.05, 0) is 20.8 Å². The van der Waals surface area contributed by atoms with Gasteiger partial charge in [0.05, 0.1) is 24.1 Å². The second-order valence-corrected chi connectivity index (χ2v) is 6.64.